The minimum absolute atomic E-state index is 0.0413. The highest BCUT2D eigenvalue weighted by Gasteiger charge is 2.57. The molecule has 0 aromatic rings. The molecule has 2 aliphatic rings. The number of fused-ring (bicyclic) bond motifs is 1. The van der Waals surface area contributed by atoms with E-state index in [1.165, 1.54) is 5.57 Å². The number of ether oxygens (including phenoxy) is 2. The first-order chi connectivity index (χ1) is 11.3. The molecule has 0 saturated heterocycles. The van der Waals surface area contributed by atoms with Crippen LogP contribution >= 0.6 is 0 Å². The molecule has 4 heteroatoms. The number of carbonyl (C=O) groups is 2. The molecule has 2 aliphatic carbocycles. The zero-order valence-corrected chi connectivity index (χ0v) is 16.9. The van der Waals surface area contributed by atoms with Crippen LogP contribution in [0, 0.1) is 17.3 Å². The molecule has 0 heterocycles. The van der Waals surface area contributed by atoms with Gasteiger partial charge in [0.05, 0.1) is 6.42 Å². The first kappa shape index (κ1) is 20.0. The van der Waals surface area contributed by atoms with E-state index in [0.717, 1.165) is 19.3 Å². The van der Waals surface area contributed by atoms with Crippen molar-refractivity contribution < 1.29 is 19.1 Å². The maximum atomic E-state index is 12.4. The van der Waals surface area contributed by atoms with E-state index < -0.39 is 11.2 Å². The number of hydrogen-bond acceptors (Lipinski definition) is 4. The third kappa shape index (κ3) is 5.08. The van der Waals surface area contributed by atoms with E-state index in [0.29, 0.717) is 18.8 Å². The molecular formula is C21H34O4. The van der Waals surface area contributed by atoms with Crippen molar-refractivity contribution in [3.8, 4) is 0 Å². The van der Waals surface area contributed by atoms with Crippen LogP contribution in [0.4, 0.5) is 0 Å². The average Bonchev–Trinajstić information content (AvgIpc) is 2.64. The zero-order valence-electron chi connectivity index (χ0n) is 16.9. The summed E-state index contributed by atoms with van der Waals surface area (Å²) in [5, 5.41) is 0. The van der Waals surface area contributed by atoms with Crippen molar-refractivity contribution in [2.45, 2.75) is 91.8 Å². The SMILES string of the molecule is CCC1=CC2C(CC(=O)OC(C)(C)C)CC2(CC(=O)OC(C)(C)C)C1. The smallest absolute Gasteiger partial charge is 0.306 e. The van der Waals surface area contributed by atoms with E-state index in [2.05, 4.69) is 13.0 Å². The Morgan fingerprint density at radius 1 is 1.08 bits per heavy atom. The molecule has 1 saturated carbocycles. The lowest BCUT2D eigenvalue weighted by atomic mass is 9.52. The fraction of sp³-hybridized carbons (Fsp3) is 0.810. The van der Waals surface area contributed by atoms with Crippen LogP contribution in [0.1, 0.15) is 80.6 Å². The van der Waals surface area contributed by atoms with Gasteiger partial charge in [0.25, 0.3) is 0 Å². The van der Waals surface area contributed by atoms with Gasteiger partial charge in [-0.05, 0) is 78.1 Å². The lowest BCUT2D eigenvalue weighted by molar-refractivity contribution is -0.165. The van der Waals surface area contributed by atoms with Crippen molar-refractivity contribution in [2.75, 3.05) is 0 Å². The molecule has 2 rings (SSSR count). The van der Waals surface area contributed by atoms with Crippen LogP contribution in [0.15, 0.2) is 11.6 Å². The lowest BCUT2D eigenvalue weighted by Gasteiger charge is -2.51. The fourth-order valence-corrected chi connectivity index (χ4v) is 4.35. The molecular weight excluding hydrogens is 316 g/mol. The quantitative estimate of drug-likeness (QED) is 0.527. The molecule has 0 N–H and O–H groups in total. The van der Waals surface area contributed by atoms with E-state index in [1.54, 1.807) is 0 Å². The van der Waals surface area contributed by atoms with Gasteiger partial charge in [0.2, 0.25) is 0 Å². The van der Waals surface area contributed by atoms with Gasteiger partial charge in [-0.25, -0.2) is 0 Å². The Hall–Kier alpha value is -1.32. The van der Waals surface area contributed by atoms with Gasteiger partial charge in [0, 0.05) is 6.42 Å². The third-order valence-corrected chi connectivity index (χ3v) is 5.10. The van der Waals surface area contributed by atoms with Crippen molar-refractivity contribution >= 4 is 11.9 Å². The summed E-state index contributed by atoms with van der Waals surface area (Å²) >= 11 is 0. The van der Waals surface area contributed by atoms with Gasteiger partial charge in [0.15, 0.2) is 0 Å². The van der Waals surface area contributed by atoms with E-state index in [4.69, 9.17) is 9.47 Å². The highest BCUT2D eigenvalue weighted by atomic mass is 16.6. The fourth-order valence-electron chi connectivity index (χ4n) is 4.35. The highest BCUT2D eigenvalue weighted by Crippen LogP contribution is 2.63. The van der Waals surface area contributed by atoms with Gasteiger partial charge < -0.3 is 9.47 Å². The lowest BCUT2D eigenvalue weighted by Crippen LogP contribution is -2.47. The molecule has 1 fully saturated rings. The largest absolute Gasteiger partial charge is 0.460 e. The summed E-state index contributed by atoms with van der Waals surface area (Å²) in [5.74, 6) is 0.310. The van der Waals surface area contributed by atoms with Crippen LogP contribution < -0.4 is 0 Å². The standard InChI is InChI=1S/C21H34O4/c1-8-14-9-16-15(10-17(22)24-19(2,3)4)12-21(16,11-14)13-18(23)25-20(5,6)7/h9,15-16H,8,10-13H2,1-7H3. The molecule has 0 aromatic carbocycles. The number of hydrogen-bond donors (Lipinski definition) is 0. The summed E-state index contributed by atoms with van der Waals surface area (Å²) in [6.45, 7) is 13.5. The monoisotopic (exact) mass is 350 g/mol. The van der Waals surface area contributed by atoms with E-state index in [-0.39, 0.29) is 23.3 Å². The summed E-state index contributed by atoms with van der Waals surface area (Å²) in [4.78, 5) is 24.6. The Kier molecular flexibility index (Phi) is 5.42. The minimum atomic E-state index is -0.456. The van der Waals surface area contributed by atoms with Crippen LogP contribution in [0.5, 0.6) is 0 Å². The molecule has 0 amide bonds. The molecule has 0 radical (unpaired) electrons. The number of carbonyl (C=O) groups excluding carboxylic acids is 2. The van der Waals surface area contributed by atoms with E-state index in [1.807, 2.05) is 41.5 Å². The molecule has 0 spiro atoms. The summed E-state index contributed by atoms with van der Waals surface area (Å²) in [7, 11) is 0. The summed E-state index contributed by atoms with van der Waals surface area (Å²) in [5.41, 5.74) is 0.456. The molecule has 0 aromatic heterocycles. The average molecular weight is 350 g/mol. The van der Waals surface area contributed by atoms with E-state index in [9.17, 15) is 9.59 Å². The maximum Gasteiger partial charge on any atom is 0.306 e. The number of esters is 2. The van der Waals surface area contributed by atoms with Crippen molar-refractivity contribution in [1.29, 1.82) is 0 Å². The number of rotatable bonds is 5. The topological polar surface area (TPSA) is 52.6 Å². The summed E-state index contributed by atoms with van der Waals surface area (Å²) < 4.78 is 11.0. The van der Waals surface area contributed by atoms with Crippen LogP contribution in [0.3, 0.4) is 0 Å². The first-order valence-electron chi connectivity index (χ1n) is 9.47. The Bertz CT molecular complexity index is 561. The zero-order chi connectivity index (χ0) is 19.0. The van der Waals surface area contributed by atoms with Gasteiger partial charge in [0.1, 0.15) is 11.2 Å². The van der Waals surface area contributed by atoms with Crippen molar-refractivity contribution in [3.05, 3.63) is 11.6 Å². The molecule has 4 nitrogen and oxygen atoms in total. The van der Waals surface area contributed by atoms with Gasteiger partial charge >= 0.3 is 11.9 Å². The molecule has 3 atom stereocenters. The van der Waals surface area contributed by atoms with Crippen LogP contribution in [-0.2, 0) is 19.1 Å². The van der Waals surface area contributed by atoms with Crippen molar-refractivity contribution in [3.63, 3.8) is 0 Å². The Labute approximate surface area is 152 Å². The second-order valence-corrected chi connectivity index (χ2v) is 9.76. The number of allylic oxidation sites excluding steroid dienone is 2. The Morgan fingerprint density at radius 2 is 1.64 bits per heavy atom. The van der Waals surface area contributed by atoms with Crippen LogP contribution in [-0.4, -0.2) is 23.1 Å². The molecule has 142 valence electrons. The summed E-state index contributed by atoms with van der Waals surface area (Å²) in [6.07, 6.45) is 6.05. The molecule has 0 aliphatic heterocycles. The van der Waals surface area contributed by atoms with Gasteiger partial charge in [-0.2, -0.15) is 0 Å². The first-order valence-corrected chi connectivity index (χ1v) is 9.47. The minimum Gasteiger partial charge on any atom is -0.460 e. The van der Waals surface area contributed by atoms with Gasteiger partial charge in [-0.3, -0.25) is 9.59 Å². The van der Waals surface area contributed by atoms with Crippen molar-refractivity contribution in [2.24, 2.45) is 17.3 Å². The molecule has 3 unspecified atom stereocenters. The highest BCUT2D eigenvalue weighted by molar-refractivity contribution is 5.73. The van der Waals surface area contributed by atoms with Crippen LogP contribution in [0.2, 0.25) is 0 Å². The van der Waals surface area contributed by atoms with E-state index >= 15 is 0 Å². The van der Waals surface area contributed by atoms with Gasteiger partial charge in [-0.15, -0.1) is 0 Å². The predicted octanol–water partition coefficient (Wildman–Crippen LogP) is 4.81. The van der Waals surface area contributed by atoms with Gasteiger partial charge in [-0.1, -0.05) is 18.6 Å². The molecule has 25 heavy (non-hydrogen) atoms. The molecule has 0 bridgehead atoms. The Balaban J connectivity index is 2.01. The van der Waals surface area contributed by atoms with Crippen molar-refractivity contribution in [1.82, 2.24) is 0 Å². The van der Waals surface area contributed by atoms with Crippen LogP contribution in [0.25, 0.3) is 0 Å². The Morgan fingerprint density at radius 3 is 2.16 bits per heavy atom. The second kappa shape index (κ2) is 6.77. The third-order valence-electron chi connectivity index (χ3n) is 5.10. The second-order valence-electron chi connectivity index (χ2n) is 9.76. The normalized spacial score (nSPS) is 28.7. The summed E-state index contributed by atoms with van der Waals surface area (Å²) in [6, 6.07) is 0. The predicted molar refractivity (Wildman–Crippen MR) is 97.9 cm³/mol. The maximum absolute atomic E-state index is 12.4.